The first-order valence-electron chi connectivity index (χ1n) is 6.70. The molecule has 3 aromatic rings. The normalized spacial score (nSPS) is 10.9. The van der Waals surface area contributed by atoms with E-state index in [1.807, 2.05) is 18.2 Å². The van der Waals surface area contributed by atoms with Crippen LogP contribution in [0.25, 0.3) is 22.6 Å². The second-order valence-corrected chi connectivity index (χ2v) is 5.08. The highest BCUT2D eigenvalue weighted by atomic mass is 16.3. The molecule has 0 bridgehead atoms. The summed E-state index contributed by atoms with van der Waals surface area (Å²) < 4.78 is 0. The molecule has 0 saturated heterocycles. The van der Waals surface area contributed by atoms with Crippen molar-refractivity contribution in [2.45, 2.75) is 6.61 Å². The third-order valence-electron chi connectivity index (χ3n) is 3.25. The number of aromatic nitrogens is 4. The summed E-state index contributed by atoms with van der Waals surface area (Å²) >= 11 is 0. The molecule has 1 aromatic carbocycles. The van der Waals surface area contributed by atoms with Crippen LogP contribution in [0.1, 0.15) is 5.56 Å². The van der Waals surface area contributed by atoms with E-state index < -0.39 is 0 Å². The fourth-order valence-corrected chi connectivity index (χ4v) is 2.06. The SMILES string of the molecule is CN(C)C(=O)Nc1cn[nH]c1-c1nc2ccc(CO)cc2[nH]1. The van der Waals surface area contributed by atoms with Crippen LogP contribution in [0.4, 0.5) is 10.5 Å². The molecule has 8 heteroatoms. The molecule has 4 N–H and O–H groups in total. The number of amides is 2. The Balaban J connectivity index is 1.98. The van der Waals surface area contributed by atoms with Gasteiger partial charge in [0.1, 0.15) is 5.69 Å². The number of benzene rings is 1. The summed E-state index contributed by atoms with van der Waals surface area (Å²) in [5.41, 5.74) is 3.51. The summed E-state index contributed by atoms with van der Waals surface area (Å²) in [6, 6.07) is 5.23. The monoisotopic (exact) mass is 300 g/mol. The quantitative estimate of drug-likeness (QED) is 0.588. The highest BCUT2D eigenvalue weighted by Gasteiger charge is 2.15. The molecule has 8 nitrogen and oxygen atoms in total. The molecule has 0 aliphatic rings. The first-order valence-corrected chi connectivity index (χ1v) is 6.70. The number of nitrogens with one attached hydrogen (secondary N) is 3. The molecule has 114 valence electrons. The van der Waals surface area contributed by atoms with E-state index in [2.05, 4.69) is 25.5 Å². The number of aromatic amines is 2. The highest BCUT2D eigenvalue weighted by Crippen LogP contribution is 2.25. The van der Waals surface area contributed by atoms with Gasteiger partial charge in [-0.05, 0) is 17.7 Å². The van der Waals surface area contributed by atoms with E-state index >= 15 is 0 Å². The summed E-state index contributed by atoms with van der Waals surface area (Å²) in [5, 5.41) is 18.7. The molecule has 0 spiro atoms. The zero-order chi connectivity index (χ0) is 15.7. The van der Waals surface area contributed by atoms with Gasteiger partial charge in [-0.2, -0.15) is 5.10 Å². The number of aliphatic hydroxyl groups is 1. The number of urea groups is 1. The van der Waals surface area contributed by atoms with Gasteiger partial charge in [0.15, 0.2) is 5.82 Å². The number of nitrogens with zero attached hydrogens (tertiary/aromatic N) is 3. The van der Waals surface area contributed by atoms with E-state index in [4.69, 9.17) is 0 Å². The van der Waals surface area contributed by atoms with E-state index in [1.54, 1.807) is 14.1 Å². The number of fused-ring (bicyclic) bond motifs is 1. The van der Waals surface area contributed by atoms with Gasteiger partial charge >= 0.3 is 6.03 Å². The summed E-state index contributed by atoms with van der Waals surface area (Å²) in [6.07, 6.45) is 1.53. The fraction of sp³-hybridized carbons (Fsp3) is 0.214. The lowest BCUT2D eigenvalue weighted by molar-refractivity contribution is 0.230. The molecule has 3 rings (SSSR count). The van der Waals surface area contributed by atoms with Gasteiger partial charge in [-0.25, -0.2) is 9.78 Å². The third-order valence-corrected chi connectivity index (χ3v) is 3.25. The number of carbonyl (C=O) groups excluding carboxylic acids is 1. The minimum absolute atomic E-state index is 0.0293. The maximum Gasteiger partial charge on any atom is 0.321 e. The van der Waals surface area contributed by atoms with Crippen molar-refractivity contribution in [2.24, 2.45) is 0 Å². The van der Waals surface area contributed by atoms with Crippen LogP contribution in [0.5, 0.6) is 0 Å². The summed E-state index contributed by atoms with van der Waals surface area (Å²) in [7, 11) is 3.32. The molecular weight excluding hydrogens is 284 g/mol. The zero-order valence-electron chi connectivity index (χ0n) is 12.2. The molecule has 0 aliphatic carbocycles. The second kappa shape index (κ2) is 5.49. The Bertz CT molecular complexity index is 820. The molecule has 0 radical (unpaired) electrons. The van der Waals surface area contributed by atoms with Crippen LogP contribution in [0.15, 0.2) is 24.4 Å². The zero-order valence-corrected chi connectivity index (χ0v) is 12.2. The molecule has 22 heavy (non-hydrogen) atoms. The van der Waals surface area contributed by atoms with Gasteiger partial charge in [-0.15, -0.1) is 0 Å². The predicted molar refractivity (Wildman–Crippen MR) is 82.3 cm³/mol. The van der Waals surface area contributed by atoms with Crippen molar-refractivity contribution in [3.05, 3.63) is 30.0 Å². The van der Waals surface area contributed by atoms with E-state index in [9.17, 15) is 9.90 Å². The Labute approximate surface area is 126 Å². The molecule has 0 atom stereocenters. The van der Waals surface area contributed by atoms with Gasteiger partial charge < -0.3 is 20.3 Å². The molecule has 0 fully saturated rings. The lowest BCUT2D eigenvalue weighted by Crippen LogP contribution is -2.27. The number of hydrogen-bond acceptors (Lipinski definition) is 4. The highest BCUT2D eigenvalue weighted by molar-refractivity contribution is 5.93. The van der Waals surface area contributed by atoms with Gasteiger partial charge in [-0.1, -0.05) is 6.07 Å². The van der Waals surface area contributed by atoms with Crippen LogP contribution in [-0.2, 0) is 6.61 Å². The van der Waals surface area contributed by atoms with Crippen molar-refractivity contribution in [1.29, 1.82) is 0 Å². The third kappa shape index (κ3) is 2.51. The lowest BCUT2D eigenvalue weighted by atomic mass is 10.2. The molecule has 0 unspecified atom stereocenters. The average molecular weight is 300 g/mol. The Morgan fingerprint density at radius 1 is 1.41 bits per heavy atom. The first kappa shape index (κ1) is 14.1. The second-order valence-electron chi connectivity index (χ2n) is 5.08. The number of hydrogen-bond donors (Lipinski definition) is 4. The summed E-state index contributed by atoms with van der Waals surface area (Å²) in [4.78, 5) is 20.8. The van der Waals surface area contributed by atoms with Crippen LogP contribution in [0, 0.1) is 0 Å². The van der Waals surface area contributed by atoms with E-state index in [0.29, 0.717) is 17.2 Å². The molecule has 2 amide bonds. The first-order chi connectivity index (χ1) is 10.6. The lowest BCUT2D eigenvalue weighted by Gasteiger charge is -2.11. The molecule has 2 aromatic heterocycles. The predicted octanol–water partition coefficient (Wildman–Crippen LogP) is 1.54. The van der Waals surface area contributed by atoms with Crippen molar-refractivity contribution >= 4 is 22.8 Å². The number of aliphatic hydroxyl groups excluding tert-OH is 1. The van der Waals surface area contributed by atoms with Gasteiger partial charge in [0.25, 0.3) is 0 Å². The smallest absolute Gasteiger partial charge is 0.321 e. The topological polar surface area (TPSA) is 110 Å². The number of carbonyl (C=O) groups is 1. The Kier molecular flexibility index (Phi) is 3.51. The Morgan fingerprint density at radius 3 is 2.95 bits per heavy atom. The number of rotatable bonds is 3. The summed E-state index contributed by atoms with van der Waals surface area (Å²) in [6.45, 7) is -0.0293. The molecule has 0 aliphatic heterocycles. The minimum Gasteiger partial charge on any atom is -0.392 e. The largest absolute Gasteiger partial charge is 0.392 e. The van der Waals surface area contributed by atoms with Gasteiger partial charge in [0.05, 0.1) is 29.5 Å². The van der Waals surface area contributed by atoms with Crippen LogP contribution in [-0.4, -0.2) is 50.3 Å². The molecule has 0 saturated carbocycles. The van der Waals surface area contributed by atoms with Crippen molar-refractivity contribution in [2.75, 3.05) is 19.4 Å². The van der Waals surface area contributed by atoms with Crippen molar-refractivity contribution < 1.29 is 9.90 Å². The minimum atomic E-state index is -0.249. The van der Waals surface area contributed by atoms with E-state index in [-0.39, 0.29) is 12.6 Å². The average Bonchev–Trinajstić information content (AvgIpc) is 3.11. The van der Waals surface area contributed by atoms with Gasteiger partial charge in [0.2, 0.25) is 0 Å². The van der Waals surface area contributed by atoms with Crippen LogP contribution in [0.2, 0.25) is 0 Å². The van der Waals surface area contributed by atoms with Crippen LogP contribution < -0.4 is 5.32 Å². The van der Waals surface area contributed by atoms with Crippen LogP contribution >= 0.6 is 0 Å². The Morgan fingerprint density at radius 2 is 2.23 bits per heavy atom. The van der Waals surface area contributed by atoms with Crippen molar-refractivity contribution in [3.8, 4) is 11.5 Å². The van der Waals surface area contributed by atoms with Crippen molar-refractivity contribution in [1.82, 2.24) is 25.1 Å². The van der Waals surface area contributed by atoms with Crippen molar-refractivity contribution in [3.63, 3.8) is 0 Å². The number of imidazole rings is 1. The Hall–Kier alpha value is -2.87. The number of anilines is 1. The number of H-pyrrole nitrogens is 2. The maximum atomic E-state index is 11.8. The van der Waals surface area contributed by atoms with Crippen LogP contribution in [0.3, 0.4) is 0 Å². The summed E-state index contributed by atoms with van der Waals surface area (Å²) in [5.74, 6) is 0.566. The molecular formula is C14H16N6O2. The standard InChI is InChI=1S/C14H16N6O2/c1-20(2)14(22)18-11-6-15-19-12(11)13-16-9-4-3-8(7-21)5-10(9)17-13/h3-6,21H,7H2,1-2H3,(H,15,19)(H,16,17)(H,18,22). The fourth-order valence-electron chi connectivity index (χ4n) is 2.06. The maximum absolute atomic E-state index is 11.8. The van der Waals surface area contributed by atoms with Gasteiger partial charge in [-0.3, -0.25) is 5.10 Å². The van der Waals surface area contributed by atoms with Gasteiger partial charge in [0, 0.05) is 14.1 Å². The van der Waals surface area contributed by atoms with E-state index in [0.717, 1.165) is 16.6 Å². The molecule has 2 heterocycles. The van der Waals surface area contributed by atoms with E-state index in [1.165, 1.54) is 11.1 Å².